The molecule has 0 aliphatic carbocycles. The predicted octanol–water partition coefficient (Wildman–Crippen LogP) is 4.07. The van der Waals surface area contributed by atoms with Gasteiger partial charge in [-0.2, -0.15) is 0 Å². The van der Waals surface area contributed by atoms with Gasteiger partial charge in [0.1, 0.15) is 5.75 Å². The Kier molecular flexibility index (Phi) is 7.63. The number of ether oxygens (including phenoxy) is 3. The van der Waals surface area contributed by atoms with E-state index in [4.69, 9.17) is 25.8 Å². The zero-order valence-corrected chi connectivity index (χ0v) is 18.7. The van der Waals surface area contributed by atoms with Crippen molar-refractivity contribution in [1.29, 1.82) is 0 Å². The van der Waals surface area contributed by atoms with E-state index in [1.165, 1.54) is 12.0 Å². The van der Waals surface area contributed by atoms with Crippen LogP contribution in [0.5, 0.6) is 17.2 Å². The minimum absolute atomic E-state index is 0.0828. The van der Waals surface area contributed by atoms with Crippen molar-refractivity contribution in [3.8, 4) is 17.2 Å². The molecule has 1 aliphatic rings. The summed E-state index contributed by atoms with van der Waals surface area (Å²) in [6.07, 6.45) is 0.809. The number of hydrogen-bond acceptors (Lipinski definition) is 5. The molecular weight excluding hydrogens is 420 g/mol. The van der Waals surface area contributed by atoms with E-state index in [-0.39, 0.29) is 23.4 Å². The summed E-state index contributed by atoms with van der Waals surface area (Å²) in [5.41, 5.74) is 0.920. The SMILES string of the molecule is CCCNC(=O)[C@H]1CN(C(=O)c2cc(Cl)c(OCCC)c(OC)c2)c2ccccc2O1. The van der Waals surface area contributed by atoms with Gasteiger partial charge in [0.05, 0.1) is 31.0 Å². The van der Waals surface area contributed by atoms with Gasteiger partial charge in [0.2, 0.25) is 0 Å². The number of carbonyl (C=O) groups is 2. The number of methoxy groups -OCH3 is 1. The standard InChI is InChI=1S/C23H27ClN2O5/c1-4-10-25-22(27)20-14-26(17-8-6-7-9-18(17)31-20)23(28)15-12-16(24)21(30-11-5-2)19(13-15)29-3/h6-9,12-13,20H,4-5,10-11,14H2,1-3H3,(H,25,27)/t20-/m1/s1. The highest BCUT2D eigenvalue weighted by molar-refractivity contribution is 6.33. The molecule has 1 heterocycles. The molecule has 2 aromatic carbocycles. The number of hydrogen-bond donors (Lipinski definition) is 1. The molecule has 2 amide bonds. The van der Waals surface area contributed by atoms with Crippen LogP contribution in [0.25, 0.3) is 0 Å². The largest absolute Gasteiger partial charge is 0.493 e. The van der Waals surface area contributed by atoms with Crippen LogP contribution in [0.15, 0.2) is 36.4 Å². The van der Waals surface area contributed by atoms with Gasteiger partial charge in [0.15, 0.2) is 17.6 Å². The number of rotatable bonds is 8. The summed E-state index contributed by atoms with van der Waals surface area (Å²) in [6.45, 7) is 5.06. The fourth-order valence-corrected chi connectivity index (χ4v) is 3.53. The average Bonchev–Trinajstić information content (AvgIpc) is 2.79. The summed E-state index contributed by atoms with van der Waals surface area (Å²) in [5, 5.41) is 3.11. The fourth-order valence-electron chi connectivity index (χ4n) is 3.27. The van der Waals surface area contributed by atoms with Crippen molar-refractivity contribution in [1.82, 2.24) is 5.32 Å². The number of para-hydroxylation sites is 2. The number of nitrogens with zero attached hydrogens (tertiary/aromatic N) is 1. The highest BCUT2D eigenvalue weighted by atomic mass is 35.5. The molecule has 1 N–H and O–H groups in total. The van der Waals surface area contributed by atoms with Crippen LogP contribution in [0.1, 0.15) is 37.0 Å². The van der Waals surface area contributed by atoms with E-state index in [1.54, 1.807) is 30.3 Å². The van der Waals surface area contributed by atoms with Crippen molar-refractivity contribution in [2.24, 2.45) is 0 Å². The molecule has 1 atom stereocenters. The predicted molar refractivity (Wildman–Crippen MR) is 120 cm³/mol. The van der Waals surface area contributed by atoms with E-state index in [0.29, 0.717) is 41.7 Å². The number of nitrogens with one attached hydrogen (secondary N) is 1. The van der Waals surface area contributed by atoms with Crippen LogP contribution in [-0.4, -0.2) is 44.7 Å². The third kappa shape index (κ3) is 5.05. The molecule has 3 rings (SSSR count). The summed E-state index contributed by atoms with van der Waals surface area (Å²) in [7, 11) is 1.50. The number of fused-ring (bicyclic) bond motifs is 1. The second-order valence-corrected chi connectivity index (χ2v) is 7.53. The lowest BCUT2D eigenvalue weighted by molar-refractivity contribution is -0.127. The Morgan fingerprint density at radius 2 is 2.00 bits per heavy atom. The highest BCUT2D eigenvalue weighted by Gasteiger charge is 2.34. The molecule has 0 radical (unpaired) electrons. The smallest absolute Gasteiger partial charge is 0.262 e. The van der Waals surface area contributed by atoms with E-state index >= 15 is 0 Å². The number of amides is 2. The Labute approximate surface area is 187 Å². The van der Waals surface area contributed by atoms with Crippen LogP contribution in [-0.2, 0) is 4.79 Å². The summed E-state index contributed by atoms with van der Waals surface area (Å²) >= 11 is 6.40. The fraction of sp³-hybridized carbons (Fsp3) is 0.391. The number of carbonyl (C=O) groups excluding carboxylic acids is 2. The van der Waals surface area contributed by atoms with Crippen LogP contribution in [0.4, 0.5) is 5.69 Å². The third-order valence-electron chi connectivity index (χ3n) is 4.79. The summed E-state index contributed by atoms with van der Waals surface area (Å²) in [6, 6.07) is 10.3. The molecule has 31 heavy (non-hydrogen) atoms. The number of anilines is 1. The molecule has 0 unspecified atom stereocenters. The molecular formula is C23H27ClN2O5. The van der Waals surface area contributed by atoms with Gasteiger partial charge in [-0.05, 0) is 37.1 Å². The molecule has 8 heteroatoms. The van der Waals surface area contributed by atoms with Gasteiger partial charge in [-0.25, -0.2) is 0 Å². The van der Waals surface area contributed by atoms with Crippen molar-refractivity contribution >= 4 is 29.1 Å². The van der Waals surface area contributed by atoms with Crippen LogP contribution >= 0.6 is 11.6 Å². The minimum Gasteiger partial charge on any atom is -0.493 e. The summed E-state index contributed by atoms with van der Waals surface area (Å²) < 4.78 is 16.9. The molecule has 0 aromatic heterocycles. The topological polar surface area (TPSA) is 77.1 Å². The lowest BCUT2D eigenvalue weighted by Crippen LogP contribution is -2.50. The Morgan fingerprint density at radius 1 is 1.23 bits per heavy atom. The van der Waals surface area contributed by atoms with Gasteiger partial charge in [-0.15, -0.1) is 0 Å². The maximum absolute atomic E-state index is 13.5. The van der Waals surface area contributed by atoms with Gasteiger partial charge in [0.25, 0.3) is 11.8 Å². The Bertz CT molecular complexity index is 950. The molecule has 0 saturated carbocycles. The average molecular weight is 447 g/mol. The molecule has 166 valence electrons. The van der Waals surface area contributed by atoms with Crippen molar-refractivity contribution in [3.63, 3.8) is 0 Å². The van der Waals surface area contributed by atoms with Gasteiger partial charge < -0.3 is 24.4 Å². The van der Waals surface area contributed by atoms with E-state index < -0.39 is 6.10 Å². The van der Waals surface area contributed by atoms with Crippen LogP contribution < -0.4 is 24.4 Å². The summed E-state index contributed by atoms with van der Waals surface area (Å²) in [4.78, 5) is 27.5. The highest BCUT2D eigenvalue weighted by Crippen LogP contribution is 2.39. The molecule has 0 saturated heterocycles. The Balaban J connectivity index is 1.94. The zero-order chi connectivity index (χ0) is 22.4. The molecule has 7 nitrogen and oxygen atoms in total. The monoisotopic (exact) mass is 446 g/mol. The first kappa shape index (κ1) is 22.7. The molecule has 2 aromatic rings. The maximum atomic E-state index is 13.5. The van der Waals surface area contributed by atoms with Crippen molar-refractivity contribution in [3.05, 3.63) is 47.0 Å². The second-order valence-electron chi connectivity index (χ2n) is 7.12. The minimum atomic E-state index is -0.810. The quantitative estimate of drug-likeness (QED) is 0.661. The van der Waals surface area contributed by atoms with E-state index in [1.807, 2.05) is 19.9 Å². The maximum Gasteiger partial charge on any atom is 0.262 e. The lowest BCUT2D eigenvalue weighted by atomic mass is 10.1. The molecule has 0 bridgehead atoms. The van der Waals surface area contributed by atoms with Crippen molar-refractivity contribution < 1.29 is 23.8 Å². The normalized spacial score (nSPS) is 15.0. The van der Waals surface area contributed by atoms with Crippen LogP contribution in [0.2, 0.25) is 5.02 Å². The number of benzene rings is 2. The van der Waals surface area contributed by atoms with E-state index in [0.717, 1.165) is 12.8 Å². The Hall–Kier alpha value is -2.93. The number of halogens is 1. The summed E-state index contributed by atoms with van der Waals surface area (Å²) in [5.74, 6) is 0.684. The van der Waals surface area contributed by atoms with Gasteiger partial charge in [-0.3, -0.25) is 9.59 Å². The van der Waals surface area contributed by atoms with Crippen molar-refractivity contribution in [2.75, 3.05) is 31.7 Å². The van der Waals surface area contributed by atoms with Crippen LogP contribution in [0.3, 0.4) is 0 Å². The molecule has 1 aliphatic heterocycles. The molecule has 0 fully saturated rings. The second kappa shape index (κ2) is 10.4. The first-order valence-electron chi connectivity index (χ1n) is 10.4. The Morgan fingerprint density at radius 3 is 2.71 bits per heavy atom. The zero-order valence-electron chi connectivity index (χ0n) is 17.9. The van der Waals surface area contributed by atoms with E-state index in [9.17, 15) is 9.59 Å². The third-order valence-corrected chi connectivity index (χ3v) is 5.07. The van der Waals surface area contributed by atoms with Crippen molar-refractivity contribution in [2.45, 2.75) is 32.8 Å². The first-order chi connectivity index (χ1) is 15.0. The van der Waals surface area contributed by atoms with Gasteiger partial charge in [0, 0.05) is 12.1 Å². The van der Waals surface area contributed by atoms with Crippen LogP contribution in [0, 0.1) is 0 Å². The van der Waals surface area contributed by atoms with Gasteiger partial charge in [-0.1, -0.05) is 37.6 Å². The van der Waals surface area contributed by atoms with Gasteiger partial charge >= 0.3 is 0 Å². The first-order valence-corrected chi connectivity index (χ1v) is 10.7. The molecule has 0 spiro atoms. The lowest BCUT2D eigenvalue weighted by Gasteiger charge is -2.34. The van der Waals surface area contributed by atoms with E-state index in [2.05, 4.69) is 5.32 Å².